The van der Waals surface area contributed by atoms with Crippen LogP contribution in [0, 0.1) is 25.2 Å². The second kappa shape index (κ2) is 7.33. The summed E-state index contributed by atoms with van der Waals surface area (Å²) in [5.41, 5.74) is 4.02. The second-order valence-corrected chi connectivity index (χ2v) is 6.14. The fourth-order valence-electron chi connectivity index (χ4n) is 2.75. The van der Waals surface area contributed by atoms with Crippen molar-refractivity contribution in [2.24, 2.45) is 0 Å². The summed E-state index contributed by atoms with van der Waals surface area (Å²) in [4.78, 5) is 14.3. The van der Waals surface area contributed by atoms with Crippen LogP contribution in [-0.4, -0.2) is 40.2 Å². The summed E-state index contributed by atoms with van der Waals surface area (Å²) < 4.78 is 2.01. The zero-order valence-corrected chi connectivity index (χ0v) is 14.6. The molecule has 0 bridgehead atoms. The number of amides is 1. The van der Waals surface area contributed by atoms with E-state index in [1.54, 1.807) is 31.0 Å². The van der Waals surface area contributed by atoms with Crippen LogP contribution in [-0.2, 0) is 0 Å². The van der Waals surface area contributed by atoms with Gasteiger partial charge in [-0.25, -0.2) is 0 Å². The Bertz CT molecular complexity index is 767. The van der Waals surface area contributed by atoms with E-state index in [9.17, 15) is 9.90 Å². The normalized spacial score (nSPS) is 11.8. The average Bonchev–Trinajstić information content (AvgIpc) is 2.86. The lowest BCUT2D eigenvalue weighted by Crippen LogP contribution is -2.29. The third-order valence-corrected chi connectivity index (χ3v) is 4.15. The number of nitriles is 1. The molecule has 0 saturated carbocycles. The molecule has 0 saturated heterocycles. The maximum atomic E-state index is 12.7. The summed E-state index contributed by atoms with van der Waals surface area (Å²) in [6.45, 7) is 6.10. The number of carbonyl (C=O) groups is 1. The van der Waals surface area contributed by atoms with Gasteiger partial charge in [0.2, 0.25) is 0 Å². The first-order valence-electron chi connectivity index (χ1n) is 7.98. The molecule has 0 fully saturated rings. The second-order valence-electron chi connectivity index (χ2n) is 6.14. The van der Waals surface area contributed by atoms with Gasteiger partial charge >= 0.3 is 0 Å². The highest BCUT2D eigenvalue weighted by molar-refractivity contribution is 5.95. The van der Waals surface area contributed by atoms with Gasteiger partial charge in [-0.15, -0.1) is 0 Å². The van der Waals surface area contributed by atoms with Crippen molar-refractivity contribution < 1.29 is 9.90 Å². The Hall–Kier alpha value is -2.58. The molecule has 5 nitrogen and oxygen atoms in total. The number of nitrogens with zero attached hydrogens (tertiary/aromatic N) is 3. The van der Waals surface area contributed by atoms with Crippen LogP contribution in [0.25, 0.3) is 5.69 Å². The van der Waals surface area contributed by atoms with Crippen molar-refractivity contribution in [2.75, 3.05) is 13.6 Å². The summed E-state index contributed by atoms with van der Waals surface area (Å²) in [6, 6.07) is 11.3. The third-order valence-electron chi connectivity index (χ3n) is 4.15. The lowest BCUT2D eigenvalue weighted by molar-refractivity contribution is 0.0768. The Morgan fingerprint density at radius 3 is 2.50 bits per heavy atom. The topological polar surface area (TPSA) is 69.3 Å². The first-order valence-corrected chi connectivity index (χ1v) is 7.98. The van der Waals surface area contributed by atoms with E-state index >= 15 is 0 Å². The minimum absolute atomic E-state index is 0.0522. The van der Waals surface area contributed by atoms with Crippen LogP contribution in [0.4, 0.5) is 0 Å². The van der Waals surface area contributed by atoms with Crippen molar-refractivity contribution in [3.8, 4) is 11.8 Å². The standard InChI is InChI=1S/C19H23N3O2/c1-13-11-18(19(24)21(4)10-9-14(2)23)15(3)22(13)17-7-5-16(12-20)6-8-17/h5-8,11,14,23H,9-10H2,1-4H3. The third kappa shape index (κ3) is 3.66. The number of hydrogen-bond acceptors (Lipinski definition) is 3. The van der Waals surface area contributed by atoms with Crippen LogP contribution in [0.15, 0.2) is 30.3 Å². The summed E-state index contributed by atoms with van der Waals surface area (Å²) in [6.07, 6.45) is 0.127. The number of rotatable bonds is 5. The number of benzene rings is 1. The molecule has 126 valence electrons. The van der Waals surface area contributed by atoms with Gasteiger partial charge in [0.15, 0.2) is 0 Å². The minimum Gasteiger partial charge on any atom is -0.393 e. The van der Waals surface area contributed by atoms with Crippen molar-refractivity contribution in [1.29, 1.82) is 5.26 Å². The van der Waals surface area contributed by atoms with Gasteiger partial charge in [0.1, 0.15) is 0 Å². The molecule has 2 rings (SSSR count). The van der Waals surface area contributed by atoms with E-state index < -0.39 is 6.10 Å². The predicted octanol–water partition coefficient (Wildman–Crippen LogP) is 2.81. The van der Waals surface area contributed by atoms with Crippen LogP contribution in [0.3, 0.4) is 0 Å². The number of aryl methyl sites for hydroxylation is 1. The molecule has 1 heterocycles. The molecule has 0 aliphatic rings. The predicted molar refractivity (Wildman–Crippen MR) is 93.2 cm³/mol. The molecule has 1 aromatic carbocycles. The van der Waals surface area contributed by atoms with E-state index in [1.165, 1.54) is 0 Å². The molecule has 1 aromatic heterocycles. The molecule has 0 spiro atoms. The highest BCUT2D eigenvalue weighted by Gasteiger charge is 2.19. The largest absolute Gasteiger partial charge is 0.393 e. The van der Waals surface area contributed by atoms with Crippen LogP contribution >= 0.6 is 0 Å². The van der Waals surface area contributed by atoms with Gasteiger partial charge in [-0.1, -0.05) is 0 Å². The Morgan fingerprint density at radius 2 is 1.96 bits per heavy atom. The van der Waals surface area contributed by atoms with Gasteiger partial charge < -0.3 is 14.6 Å². The Balaban J connectivity index is 2.31. The fraction of sp³-hybridized carbons (Fsp3) is 0.368. The molecule has 1 atom stereocenters. The Labute approximate surface area is 142 Å². The number of aromatic nitrogens is 1. The molecule has 0 aliphatic heterocycles. The first kappa shape index (κ1) is 17.8. The molecule has 2 aromatic rings. The quantitative estimate of drug-likeness (QED) is 0.919. The van der Waals surface area contributed by atoms with Crippen molar-refractivity contribution in [1.82, 2.24) is 9.47 Å². The molecule has 5 heteroatoms. The molecule has 1 unspecified atom stereocenters. The minimum atomic E-state index is -0.425. The van der Waals surface area contributed by atoms with E-state index in [2.05, 4.69) is 6.07 Å². The maximum absolute atomic E-state index is 12.7. The Morgan fingerprint density at radius 1 is 1.33 bits per heavy atom. The molecule has 0 radical (unpaired) electrons. The van der Waals surface area contributed by atoms with E-state index in [1.807, 2.05) is 36.6 Å². The van der Waals surface area contributed by atoms with Crippen molar-refractivity contribution in [3.63, 3.8) is 0 Å². The van der Waals surface area contributed by atoms with Gasteiger partial charge in [0.05, 0.1) is 23.3 Å². The molecule has 1 amide bonds. The molecule has 24 heavy (non-hydrogen) atoms. The zero-order chi connectivity index (χ0) is 17.9. The monoisotopic (exact) mass is 325 g/mol. The van der Waals surface area contributed by atoms with Crippen LogP contribution in [0.2, 0.25) is 0 Å². The lowest BCUT2D eigenvalue weighted by Gasteiger charge is -2.18. The number of hydrogen-bond donors (Lipinski definition) is 1. The van der Waals surface area contributed by atoms with E-state index in [0.717, 1.165) is 17.1 Å². The molecular formula is C19H23N3O2. The number of aliphatic hydroxyl groups excluding tert-OH is 1. The molecular weight excluding hydrogens is 302 g/mol. The number of aliphatic hydroxyl groups is 1. The summed E-state index contributed by atoms with van der Waals surface area (Å²) in [7, 11) is 1.75. The fourth-order valence-corrected chi connectivity index (χ4v) is 2.75. The highest BCUT2D eigenvalue weighted by Crippen LogP contribution is 2.22. The van der Waals surface area contributed by atoms with E-state index in [-0.39, 0.29) is 5.91 Å². The SMILES string of the molecule is Cc1cc(C(=O)N(C)CCC(C)O)c(C)n1-c1ccc(C#N)cc1. The molecule has 0 aliphatic carbocycles. The Kier molecular flexibility index (Phi) is 5.42. The van der Waals surface area contributed by atoms with Crippen molar-refractivity contribution >= 4 is 5.91 Å². The van der Waals surface area contributed by atoms with Crippen LogP contribution < -0.4 is 0 Å². The van der Waals surface area contributed by atoms with Crippen LogP contribution in [0.5, 0.6) is 0 Å². The summed E-state index contributed by atoms with van der Waals surface area (Å²) >= 11 is 0. The lowest BCUT2D eigenvalue weighted by atomic mass is 10.2. The smallest absolute Gasteiger partial charge is 0.255 e. The van der Waals surface area contributed by atoms with E-state index in [4.69, 9.17) is 5.26 Å². The average molecular weight is 325 g/mol. The van der Waals surface area contributed by atoms with E-state index in [0.29, 0.717) is 24.1 Å². The summed E-state index contributed by atoms with van der Waals surface area (Å²) in [5, 5.41) is 18.3. The van der Waals surface area contributed by atoms with Gasteiger partial charge in [0, 0.05) is 30.7 Å². The first-order chi connectivity index (χ1) is 11.3. The van der Waals surface area contributed by atoms with Crippen molar-refractivity contribution in [2.45, 2.75) is 33.3 Å². The maximum Gasteiger partial charge on any atom is 0.255 e. The zero-order valence-electron chi connectivity index (χ0n) is 14.6. The summed E-state index contributed by atoms with van der Waals surface area (Å²) in [5.74, 6) is -0.0522. The highest BCUT2D eigenvalue weighted by atomic mass is 16.3. The van der Waals surface area contributed by atoms with Gasteiger partial charge in [-0.2, -0.15) is 5.26 Å². The van der Waals surface area contributed by atoms with Gasteiger partial charge in [-0.05, 0) is 57.5 Å². The van der Waals surface area contributed by atoms with Gasteiger partial charge in [-0.3, -0.25) is 4.79 Å². The van der Waals surface area contributed by atoms with Crippen molar-refractivity contribution in [3.05, 3.63) is 52.8 Å². The van der Waals surface area contributed by atoms with Crippen LogP contribution in [0.1, 0.15) is 40.7 Å². The number of carbonyl (C=O) groups excluding carboxylic acids is 1. The molecule has 1 N–H and O–H groups in total. The van der Waals surface area contributed by atoms with Gasteiger partial charge in [0.25, 0.3) is 5.91 Å².